The lowest BCUT2D eigenvalue weighted by Gasteiger charge is -2.14. The second-order valence-electron chi connectivity index (χ2n) is 10.2. The number of nitrogens with one attached hydrogen (secondary N) is 3. The van der Waals surface area contributed by atoms with E-state index in [0.717, 1.165) is 27.8 Å². The lowest BCUT2D eigenvalue weighted by molar-refractivity contribution is -0.115. The van der Waals surface area contributed by atoms with Crippen molar-refractivity contribution in [1.82, 2.24) is 5.32 Å². The fraction of sp³-hybridized carbons (Fsp3) is 0.167. The Morgan fingerprint density at radius 2 is 1.50 bits per heavy atom. The molecule has 236 valence electrons. The summed E-state index contributed by atoms with van der Waals surface area (Å²) >= 11 is 4.80. The predicted octanol–water partition coefficient (Wildman–Crippen LogP) is 7.93. The molecule has 0 aliphatic heterocycles. The van der Waals surface area contributed by atoms with Crippen LogP contribution in [0.25, 0.3) is 6.08 Å². The maximum atomic E-state index is 13.3. The number of benzene rings is 4. The fourth-order valence-corrected chi connectivity index (χ4v) is 5.39. The van der Waals surface area contributed by atoms with Crippen LogP contribution in [0.1, 0.15) is 53.0 Å². The van der Waals surface area contributed by atoms with Crippen molar-refractivity contribution in [3.05, 3.63) is 130 Å². The lowest BCUT2D eigenvalue weighted by Crippen LogP contribution is -2.30. The number of halogens is 1. The molecule has 4 aromatic carbocycles. The Labute approximate surface area is 281 Å². The summed E-state index contributed by atoms with van der Waals surface area (Å²) in [4.78, 5) is 52.0. The Kier molecular flexibility index (Phi) is 12.7. The monoisotopic (exact) mass is 699 g/mol. The van der Waals surface area contributed by atoms with E-state index >= 15 is 0 Å². The van der Waals surface area contributed by atoms with Gasteiger partial charge >= 0.3 is 5.97 Å². The number of thioether (sulfide) groups is 1. The molecule has 0 saturated carbocycles. The van der Waals surface area contributed by atoms with Gasteiger partial charge in [0.2, 0.25) is 5.91 Å². The van der Waals surface area contributed by atoms with Crippen LogP contribution in [0.4, 0.5) is 11.4 Å². The summed E-state index contributed by atoms with van der Waals surface area (Å²) in [5.74, 6) is -1.48. The van der Waals surface area contributed by atoms with E-state index in [-0.39, 0.29) is 17.6 Å². The summed E-state index contributed by atoms with van der Waals surface area (Å²) in [7, 11) is 0. The van der Waals surface area contributed by atoms with Crippen molar-refractivity contribution in [2.75, 3.05) is 17.2 Å². The Balaban J connectivity index is 1.36. The molecule has 0 bridgehead atoms. The molecule has 3 amide bonds. The number of amides is 3. The number of anilines is 2. The van der Waals surface area contributed by atoms with Gasteiger partial charge < -0.3 is 20.7 Å². The summed E-state index contributed by atoms with van der Waals surface area (Å²) in [5.41, 5.74) is 2.76. The SMILES string of the molecule is CCCCOC(=O)c1ccc(NC(=O)C(C)Sc2ccc(NC(=O)/C(=C/c3cccc(Br)c3)NC(=O)c3ccccc3)cc2)cc1. The van der Waals surface area contributed by atoms with Crippen LogP contribution in [0, 0.1) is 0 Å². The Bertz CT molecular complexity index is 1690. The van der Waals surface area contributed by atoms with Gasteiger partial charge in [-0.2, -0.15) is 0 Å². The highest BCUT2D eigenvalue weighted by Crippen LogP contribution is 2.26. The summed E-state index contributed by atoms with van der Waals surface area (Å²) < 4.78 is 6.06. The molecule has 0 fully saturated rings. The number of hydrogen-bond donors (Lipinski definition) is 3. The number of carbonyl (C=O) groups is 4. The molecule has 1 unspecified atom stereocenters. The highest BCUT2D eigenvalue weighted by molar-refractivity contribution is 9.10. The highest BCUT2D eigenvalue weighted by atomic mass is 79.9. The number of esters is 1. The van der Waals surface area contributed by atoms with Crippen LogP contribution in [-0.2, 0) is 14.3 Å². The molecule has 0 radical (unpaired) electrons. The highest BCUT2D eigenvalue weighted by Gasteiger charge is 2.17. The van der Waals surface area contributed by atoms with E-state index in [2.05, 4.69) is 31.9 Å². The zero-order valence-corrected chi connectivity index (χ0v) is 27.8. The molecule has 10 heteroatoms. The summed E-state index contributed by atoms with van der Waals surface area (Å²) in [5, 5.41) is 8.02. The van der Waals surface area contributed by atoms with Gasteiger partial charge in [0.1, 0.15) is 5.70 Å². The van der Waals surface area contributed by atoms with Gasteiger partial charge in [0.15, 0.2) is 0 Å². The first-order valence-electron chi connectivity index (χ1n) is 14.7. The van der Waals surface area contributed by atoms with Crippen molar-refractivity contribution in [3.63, 3.8) is 0 Å². The summed E-state index contributed by atoms with van der Waals surface area (Å²) in [6, 6.07) is 29.7. The number of carbonyl (C=O) groups excluding carboxylic acids is 4. The van der Waals surface area contributed by atoms with E-state index in [1.54, 1.807) is 73.7 Å². The second-order valence-corrected chi connectivity index (χ2v) is 12.6. The maximum Gasteiger partial charge on any atom is 0.338 e. The van der Waals surface area contributed by atoms with Crippen molar-refractivity contribution in [1.29, 1.82) is 0 Å². The standard InChI is InChI=1S/C36H34BrN3O5S/c1-3-4-21-45-36(44)27-13-15-29(16-14-27)38-33(41)24(2)46-31-19-17-30(18-20-31)39-35(43)32(23-25-9-8-12-28(37)22-25)40-34(42)26-10-6-5-7-11-26/h5-20,22-24H,3-4,21H2,1-2H3,(H,38,41)(H,39,43)(H,40,42)/b32-23-. The Morgan fingerprint density at radius 1 is 0.826 bits per heavy atom. The summed E-state index contributed by atoms with van der Waals surface area (Å²) in [6.45, 7) is 4.20. The van der Waals surface area contributed by atoms with E-state index in [1.165, 1.54) is 11.8 Å². The van der Waals surface area contributed by atoms with Crippen LogP contribution < -0.4 is 16.0 Å². The molecule has 46 heavy (non-hydrogen) atoms. The predicted molar refractivity (Wildman–Crippen MR) is 187 cm³/mol. The van der Waals surface area contributed by atoms with Crippen LogP contribution >= 0.6 is 27.7 Å². The van der Waals surface area contributed by atoms with Gasteiger partial charge in [0.25, 0.3) is 11.8 Å². The molecule has 0 saturated heterocycles. The average Bonchev–Trinajstić information content (AvgIpc) is 3.06. The molecule has 8 nitrogen and oxygen atoms in total. The average molecular weight is 701 g/mol. The quantitative estimate of drug-likeness (QED) is 0.0565. The van der Waals surface area contributed by atoms with E-state index in [0.29, 0.717) is 29.1 Å². The molecule has 1 atom stereocenters. The van der Waals surface area contributed by atoms with Gasteiger partial charge in [-0.25, -0.2) is 4.79 Å². The van der Waals surface area contributed by atoms with Crippen LogP contribution in [0.5, 0.6) is 0 Å². The van der Waals surface area contributed by atoms with Gasteiger partial charge in [0.05, 0.1) is 17.4 Å². The van der Waals surface area contributed by atoms with Gasteiger partial charge in [0, 0.05) is 26.3 Å². The number of unbranched alkanes of at least 4 members (excludes halogenated alkanes) is 1. The molecule has 3 N–H and O–H groups in total. The molecule has 4 aromatic rings. The van der Waals surface area contributed by atoms with Gasteiger partial charge in [-0.1, -0.05) is 59.6 Å². The second kappa shape index (κ2) is 17.1. The summed E-state index contributed by atoms with van der Waals surface area (Å²) in [6.07, 6.45) is 3.36. The molecule has 0 spiro atoms. The zero-order valence-electron chi connectivity index (χ0n) is 25.4. The van der Waals surface area contributed by atoms with E-state index < -0.39 is 17.1 Å². The lowest BCUT2D eigenvalue weighted by atomic mass is 10.1. The minimum Gasteiger partial charge on any atom is -0.462 e. The van der Waals surface area contributed by atoms with E-state index in [1.807, 2.05) is 49.4 Å². The van der Waals surface area contributed by atoms with Gasteiger partial charge in [-0.3, -0.25) is 14.4 Å². The molecule has 0 heterocycles. The molecular weight excluding hydrogens is 666 g/mol. The first kappa shape index (κ1) is 34.2. The first-order chi connectivity index (χ1) is 22.2. The van der Waals surface area contributed by atoms with Crippen molar-refractivity contribution in [2.45, 2.75) is 36.8 Å². The molecule has 0 aliphatic carbocycles. The van der Waals surface area contributed by atoms with Crippen molar-refractivity contribution < 1.29 is 23.9 Å². The van der Waals surface area contributed by atoms with Crippen molar-refractivity contribution in [3.8, 4) is 0 Å². The molecular formula is C36H34BrN3O5S. The van der Waals surface area contributed by atoms with Crippen LogP contribution in [0.2, 0.25) is 0 Å². The number of ether oxygens (including phenoxy) is 1. The van der Waals surface area contributed by atoms with E-state index in [4.69, 9.17) is 4.74 Å². The number of hydrogen-bond acceptors (Lipinski definition) is 6. The van der Waals surface area contributed by atoms with Crippen LogP contribution in [0.3, 0.4) is 0 Å². The Morgan fingerprint density at radius 3 is 2.17 bits per heavy atom. The molecule has 0 aliphatic rings. The van der Waals surface area contributed by atoms with E-state index in [9.17, 15) is 19.2 Å². The number of rotatable bonds is 13. The molecule has 0 aromatic heterocycles. The van der Waals surface area contributed by atoms with Crippen LogP contribution in [-0.4, -0.2) is 35.5 Å². The fourth-order valence-electron chi connectivity index (χ4n) is 4.10. The third kappa shape index (κ3) is 10.5. The normalized spacial score (nSPS) is 11.7. The minimum absolute atomic E-state index is 0.0807. The van der Waals surface area contributed by atoms with Crippen molar-refractivity contribution in [2.24, 2.45) is 0 Å². The topological polar surface area (TPSA) is 114 Å². The third-order valence-corrected chi connectivity index (χ3v) is 8.21. The largest absolute Gasteiger partial charge is 0.462 e. The zero-order chi connectivity index (χ0) is 32.9. The Hall–Kier alpha value is -4.67. The van der Waals surface area contributed by atoms with Crippen LogP contribution in [0.15, 0.2) is 118 Å². The van der Waals surface area contributed by atoms with Crippen molar-refractivity contribution >= 4 is 68.8 Å². The minimum atomic E-state index is -0.488. The maximum absolute atomic E-state index is 13.3. The van der Waals surface area contributed by atoms with Gasteiger partial charge in [-0.05, 0) is 97.8 Å². The molecule has 4 rings (SSSR count). The smallest absolute Gasteiger partial charge is 0.338 e. The third-order valence-electron chi connectivity index (χ3n) is 6.60. The first-order valence-corrected chi connectivity index (χ1v) is 16.4. The van der Waals surface area contributed by atoms with Gasteiger partial charge in [-0.15, -0.1) is 11.8 Å².